The highest BCUT2D eigenvalue weighted by Crippen LogP contribution is 2.32. The average Bonchev–Trinajstić information content (AvgIpc) is 2.29. The van der Waals surface area contributed by atoms with Gasteiger partial charge in [0.2, 0.25) is 0 Å². The molecule has 15 heavy (non-hydrogen) atoms. The summed E-state index contributed by atoms with van der Waals surface area (Å²) in [4.78, 5) is 7.02. The molecule has 1 aromatic rings. The molecule has 3 rings (SSSR count). The monoisotopic (exact) mass is 204 g/mol. The third-order valence-electron chi connectivity index (χ3n) is 3.50. The van der Waals surface area contributed by atoms with E-state index in [1.54, 1.807) is 0 Å². The van der Waals surface area contributed by atoms with E-state index in [4.69, 9.17) is 4.74 Å². The van der Waals surface area contributed by atoms with Gasteiger partial charge in [0, 0.05) is 31.4 Å². The van der Waals surface area contributed by atoms with E-state index in [2.05, 4.69) is 22.9 Å². The summed E-state index contributed by atoms with van der Waals surface area (Å²) in [7, 11) is 0. The van der Waals surface area contributed by atoms with Crippen molar-refractivity contribution in [1.29, 1.82) is 0 Å². The van der Waals surface area contributed by atoms with Crippen LogP contribution in [-0.2, 0) is 11.2 Å². The van der Waals surface area contributed by atoms with Crippen molar-refractivity contribution < 1.29 is 4.74 Å². The van der Waals surface area contributed by atoms with Crippen LogP contribution < -0.4 is 0 Å². The van der Waals surface area contributed by atoms with Crippen LogP contribution in [0.2, 0.25) is 0 Å². The molecule has 2 aliphatic heterocycles. The number of fused-ring (bicyclic) bond motifs is 3. The average molecular weight is 204 g/mol. The molecule has 1 aromatic heterocycles. The summed E-state index contributed by atoms with van der Waals surface area (Å²) in [5, 5.41) is 0. The predicted molar refractivity (Wildman–Crippen MR) is 57.8 cm³/mol. The van der Waals surface area contributed by atoms with Crippen LogP contribution in [0, 0.1) is 6.92 Å². The van der Waals surface area contributed by atoms with Gasteiger partial charge in [-0.1, -0.05) is 0 Å². The van der Waals surface area contributed by atoms with Crippen LogP contribution in [0.3, 0.4) is 0 Å². The predicted octanol–water partition coefficient (Wildman–Crippen LogP) is 1.32. The molecule has 3 heterocycles. The lowest BCUT2D eigenvalue weighted by Gasteiger charge is -2.40. The summed E-state index contributed by atoms with van der Waals surface area (Å²) in [6.07, 6.45) is 3.01. The van der Waals surface area contributed by atoms with Crippen molar-refractivity contribution in [2.45, 2.75) is 19.4 Å². The normalized spacial score (nSPS) is 25.8. The van der Waals surface area contributed by atoms with Gasteiger partial charge in [-0.3, -0.25) is 9.88 Å². The number of ether oxygens (including phenoxy) is 1. The molecule has 1 atom stereocenters. The minimum atomic E-state index is 0.455. The van der Waals surface area contributed by atoms with Crippen LogP contribution in [0.4, 0.5) is 0 Å². The second-order valence-electron chi connectivity index (χ2n) is 4.36. The van der Waals surface area contributed by atoms with E-state index in [9.17, 15) is 0 Å². The first-order chi connectivity index (χ1) is 7.36. The molecule has 1 unspecified atom stereocenters. The van der Waals surface area contributed by atoms with Crippen LogP contribution >= 0.6 is 0 Å². The number of aryl methyl sites for hydroxylation is 1. The quantitative estimate of drug-likeness (QED) is 0.637. The van der Waals surface area contributed by atoms with Crippen molar-refractivity contribution in [3.63, 3.8) is 0 Å². The van der Waals surface area contributed by atoms with E-state index >= 15 is 0 Å². The fourth-order valence-corrected chi connectivity index (χ4v) is 2.70. The van der Waals surface area contributed by atoms with Gasteiger partial charge in [0.15, 0.2) is 0 Å². The molecule has 0 aliphatic carbocycles. The smallest absolute Gasteiger partial charge is 0.0665 e. The highest BCUT2D eigenvalue weighted by molar-refractivity contribution is 5.34. The topological polar surface area (TPSA) is 25.4 Å². The number of pyridine rings is 1. The first-order valence-corrected chi connectivity index (χ1v) is 5.62. The Kier molecular flexibility index (Phi) is 2.22. The number of nitrogens with zero attached hydrogens (tertiary/aromatic N) is 2. The Morgan fingerprint density at radius 3 is 3.33 bits per heavy atom. The van der Waals surface area contributed by atoms with Crippen molar-refractivity contribution in [2.75, 3.05) is 26.3 Å². The van der Waals surface area contributed by atoms with Gasteiger partial charge in [0.1, 0.15) is 0 Å². The molecule has 0 amide bonds. The van der Waals surface area contributed by atoms with Crippen LogP contribution in [0.25, 0.3) is 0 Å². The molecular formula is C12H16N2O. The first-order valence-electron chi connectivity index (χ1n) is 5.62. The Balaban J connectivity index is 2.05. The Morgan fingerprint density at radius 2 is 2.40 bits per heavy atom. The van der Waals surface area contributed by atoms with Gasteiger partial charge in [-0.25, -0.2) is 0 Å². The Bertz CT molecular complexity index is 378. The van der Waals surface area contributed by atoms with E-state index in [0.717, 1.165) is 32.7 Å². The fourth-order valence-electron chi connectivity index (χ4n) is 2.70. The second-order valence-corrected chi connectivity index (χ2v) is 4.36. The van der Waals surface area contributed by atoms with Crippen LogP contribution in [0.15, 0.2) is 12.3 Å². The number of hydrogen-bond acceptors (Lipinski definition) is 3. The first kappa shape index (κ1) is 9.31. The molecule has 80 valence electrons. The van der Waals surface area contributed by atoms with Crippen molar-refractivity contribution in [2.24, 2.45) is 0 Å². The Hall–Kier alpha value is -0.930. The van der Waals surface area contributed by atoms with Gasteiger partial charge in [-0.05, 0) is 24.1 Å². The van der Waals surface area contributed by atoms with E-state index < -0.39 is 0 Å². The Labute approximate surface area is 90.1 Å². The van der Waals surface area contributed by atoms with Gasteiger partial charge in [0.05, 0.1) is 19.3 Å². The molecule has 0 saturated carbocycles. The van der Waals surface area contributed by atoms with Crippen molar-refractivity contribution in [3.8, 4) is 0 Å². The third kappa shape index (κ3) is 1.46. The van der Waals surface area contributed by atoms with Crippen molar-refractivity contribution >= 4 is 0 Å². The maximum Gasteiger partial charge on any atom is 0.0665 e. The molecule has 0 radical (unpaired) electrons. The molecule has 1 saturated heterocycles. The van der Waals surface area contributed by atoms with Crippen molar-refractivity contribution in [1.82, 2.24) is 9.88 Å². The number of morpholine rings is 1. The summed E-state index contributed by atoms with van der Waals surface area (Å²) in [6.45, 7) is 6.10. The second kappa shape index (κ2) is 3.58. The fraction of sp³-hybridized carbons (Fsp3) is 0.583. The van der Waals surface area contributed by atoms with Crippen LogP contribution in [0.1, 0.15) is 22.9 Å². The van der Waals surface area contributed by atoms with Gasteiger partial charge in [0.25, 0.3) is 0 Å². The summed E-state index contributed by atoms with van der Waals surface area (Å²) in [6, 6.07) is 2.56. The van der Waals surface area contributed by atoms with Gasteiger partial charge < -0.3 is 4.74 Å². The minimum absolute atomic E-state index is 0.455. The summed E-state index contributed by atoms with van der Waals surface area (Å²) in [5.74, 6) is 0. The number of rotatable bonds is 0. The zero-order valence-electron chi connectivity index (χ0n) is 9.07. The van der Waals surface area contributed by atoms with Gasteiger partial charge >= 0.3 is 0 Å². The maximum atomic E-state index is 5.58. The number of aromatic nitrogens is 1. The molecule has 1 fully saturated rings. The zero-order valence-corrected chi connectivity index (χ0v) is 9.07. The lowest BCUT2D eigenvalue weighted by atomic mass is 9.93. The molecular weight excluding hydrogens is 188 g/mol. The van der Waals surface area contributed by atoms with E-state index in [1.165, 1.54) is 16.8 Å². The number of hydrogen-bond donors (Lipinski definition) is 0. The Morgan fingerprint density at radius 1 is 1.47 bits per heavy atom. The van der Waals surface area contributed by atoms with Gasteiger partial charge in [-0.2, -0.15) is 0 Å². The molecule has 3 heteroatoms. The summed E-state index contributed by atoms with van der Waals surface area (Å²) in [5.41, 5.74) is 4.06. The molecule has 3 nitrogen and oxygen atoms in total. The zero-order chi connectivity index (χ0) is 10.3. The maximum absolute atomic E-state index is 5.58. The standard InChI is InChI=1S/C12H16N2O/c1-9-2-4-13-10-3-5-14-6-7-15-8-11(14)12(9)10/h2,4,11H,3,5-8H2,1H3. The minimum Gasteiger partial charge on any atom is -0.378 e. The van der Waals surface area contributed by atoms with E-state index in [0.29, 0.717) is 6.04 Å². The highest BCUT2D eigenvalue weighted by atomic mass is 16.5. The SMILES string of the molecule is Cc1ccnc2c1C1COCCN1CC2. The lowest BCUT2D eigenvalue weighted by Crippen LogP contribution is -2.44. The molecule has 0 N–H and O–H groups in total. The van der Waals surface area contributed by atoms with Crippen LogP contribution in [-0.4, -0.2) is 36.2 Å². The summed E-state index contributed by atoms with van der Waals surface area (Å²) >= 11 is 0. The lowest BCUT2D eigenvalue weighted by molar-refractivity contribution is -0.0135. The van der Waals surface area contributed by atoms with Crippen molar-refractivity contribution in [3.05, 3.63) is 29.1 Å². The highest BCUT2D eigenvalue weighted by Gasteiger charge is 2.31. The van der Waals surface area contributed by atoms with Gasteiger partial charge in [-0.15, -0.1) is 0 Å². The van der Waals surface area contributed by atoms with E-state index in [-0.39, 0.29) is 0 Å². The van der Waals surface area contributed by atoms with Crippen LogP contribution in [0.5, 0.6) is 0 Å². The van der Waals surface area contributed by atoms with E-state index in [1.807, 2.05) is 6.20 Å². The summed E-state index contributed by atoms with van der Waals surface area (Å²) < 4.78 is 5.58. The molecule has 0 aromatic carbocycles. The molecule has 2 aliphatic rings. The largest absolute Gasteiger partial charge is 0.378 e. The molecule has 0 bridgehead atoms. The third-order valence-corrected chi connectivity index (χ3v) is 3.50. The molecule has 0 spiro atoms.